The molecular weight excluding hydrogens is 270 g/mol. The van der Waals surface area contributed by atoms with Gasteiger partial charge >= 0.3 is 0 Å². The fraction of sp³-hybridized carbons (Fsp3) is 0.125. The Labute approximate surface area is 120 Å². The van der Waals surface area contributed by atoms with Crippen LogP contribution >= 0.6 is 0 Å². The van der Waals surface area contributed by atoms with Gasteiger partial charge < -0.3 is 10.2 Å². The summed E-state index contributed by atoms with van der Waals surface area (Å²) in [4.78, 5) is 23.2. The normalized spacial score (nSPS) is 20.2. The Morgan fingerprint density at radius 1 is 1.10 bits per heavy atom. The van der Waals surface area contributed by atoms with Crippen LogP contribution in [0.3, 0.4) is 0 Å². The van der Waals surface area contributed by atoms with Crippen molar-refractivity contribution in [2.45, 2.75) is 12.8 Å². The molecule has 2 amide bonds. The number of amides is 2. The van der Waals surface area contributed by atoms with Crippen LogP contribution in [0.15, 0.2) is 52.8 Å². The van der Waals surface area contributed by atoms with Gasteiger partial charge in [0.05, 0.1) is 6.42 Å². The van der Waals surface area contributed by atoms with Gasteiger partial charge in [0, 0.05) is 17.6 Å². The molecule has 0 aromatic heterocycles. The minimum Gasteiger partial charge on any atom is -0.508 e. The number of aliphatic hydroxyl groups is 1. The van der Waals surface area contributed by atoms with Gasteiger partial charge in [-0.05, 0) is 29.3 Å². The Bertz CT molecular complexity index is 740. The Morgan fingerprint density at radius 3 is 2.67 bits per heavy atom. The van der Waals surface area contributed by atoms with Gasteiger partial charge in [-0.15, -0.1) is 0 Å². The minimum atomic E-state index is -0.456. The molecule has 0 unspecified atom stereocenters. The van der Waals surface area contributed by atoms with Crippen molar-refractivity contribution >= 4 is 17.9 Å². The van der Waals surface area contributed by atoms with Gasteiger partial charge in [0.1, 0.15) is 11.5 Å². The molecule has 3 rings (SSSR count). The second-order valence-electron chi connectivity index (χ2n) is 5.03. The van der Waals surface area contributed by atoms with E-state index >= 15 is 0 Å². The Balaban J connectivity index is 1.96. The Morgan fingerprint density at radius 2 is 1.90 bits per heavy atom. The molecule has 0 radical (unpaired) electrons. The van der Waals surface area contributed by atoms with Crippen LogP contribution < -0.4 is 5.32 Å². The zero-order valence-electron chi connectivity index (χ0n) is 11.1. The van der Waals surface area contributed by atoms with E-state index in [0.717, 1.165) is 11.1 Å². The van der Waals surface area contributed by atoms with Gasteiger partial charge in [0.25, 0.3) is 5.91 Å². The lowest BCUT2D eigenvalue weighted by molar-refractivity contribution is -0.129. The van der Waals surface area contributed by atoms with Crippen LogP contribution in [0, 0.1) is 0 Å². The molecule has 106 valence electrons. The van der Waals surface area contributed by atoms with Gasteiger partial charge in [0.15, 0.2) is 0 Å². The molecule has 5 heteroatoms. The zero-order valence-corrected chi connectivity index (χ0v) is 11.1. The quantitative estimate of drug-likeness (QED) is 0.688. The third kappa shape index (κ3) is 2.58. The average Bonchev–Trinajstić information content (AvgIpc) is 2.40. The number of nitrogens with one attached hydrogen (secondary N) is 1. The predicted octanol–water partition coefficient (Wildman–Crippen LogP) is 1.96. The van der Waals surface area contributed by atoms with Gasteiger partial charge in [0.2, 0.25) is 5.91 Å². The molecule has 0 spiro atoms. The summed E-state index contributed by atoms with van der Waals surface area (Å²) >= 11 is 0. The van der Waals surface area contributed by atoms with Crippen LogP contribution in [0.1, 0.15) is 18.4 Å². The third-order valence-electron chi connectivity index (χ3n) is 3.46. The van der Waals surface area contributed by atoms with Crippen LogP contribution in [-0.4, -0.2) is 22.0 Å². The summed E-state index contributed by atoms with van der Waals surface area (Å²) in [7, 11) is 0. The van der Waals surface area contributed by atoms with Crippen LogP contribution in [0.4, 0.5) is 0 Å². The number of carbonyl (C=O) groups is 2. The monoisotopic (exact) mass is 283 g/mol. The van der Waals surface area contributed by atoms with Gasteiger partial charge in [-0.25, -0.2) is 0 Å². The van der Waals surface area contributed by atoms with E-state index in [4.69, 9.17) is 0 Å². The number of imide groups is 1. The summed E-state index contributed by atoms with van der Waals surface area (Å²) in [6.45, 7) is 0. The van der Waals surface area contributed by atoms with Crippen molar-refractivity contribution in [2.75, 3.05) is 0 Å². The SMILES string of the molecule is O=C1CC2=C(CC(=Cc3cccc(O)c3)C=C2O)C(=O)N1. The molecule has 1 heterocycles. The number of aliphatic hydroxyl groups excluding tert-OH is 1. The molecule has 0 saturated carbocycles. The van der Waals surface area contributed by atoms with E-state index in [1.807, 2.05) is 6.07 Å². The maximum Gasteiger partial charge on any atom is 0.254 e. The highest BCUT2D eigenvalue weighted by molar-refractivity contribution is 6.09. The summed E-state index contributed by atoms with van der Waals surface area (Å²) in [5.41, 5.74) is 2.32. The number of phenols is 1. The maximum atomic E-state index is 11.8. The Kier molecular flexibility index (Phi) is 3.10. The average molecular weight is 283 g/mol. The molecule has 0 saturated heterocycles. The van der Waals surface area contributed by atoms with Crippen LogP contribution in [0.2, 0.25) is 0 Å². The Hall–Kier alpha value is -2.82. The summed E-state index contributed by atoms with van der Waals surface area (Å²) < 4.78 is 0. The van der Waals surface area contributed by atoms with Gasteiger partial charge in [-0.3, -0.25) is 14.9 Å². The second-order valence-corrected chi connectivity index (χ2v) is 5.03. The van der Waals surface area contributed by atoms with E-state index in [0.29, 0.717) is 17.6 Å². The first-order valence-electron chi connectivity index (χ1n) is 6.50. The second kappa shape index (κ2) is 4.94. The van der Waals surface area contributed by atoms with Gasteiger partial charge in [-0.2, -0.15) is 0 Å². The number of allylic oxidation sites excluding steroid dienone is 3. The van der Waals surface area contributed by atoms with Crippen LogP contribution in [-0.2, 0) is 9.59 Å². The molecule has 0 fully saturated rings. The topological polar surface area (TPSA) is 86.6 Å². The number of benzene rings is 1. The lowest BCUT2D eigenvalue weighted by Gasteiger charge is -2.23. The zero-order chi connectivity index (χ0) is 15.0. The molecule has 1 aliphatic heterocycles. The molecular formula is C16H13NO4. The summed E-state index contributed by atoms with van der Waals surface area (Å²) in [5.74, 6) is -0.762. The highest BCUT2D eigenvalue weighted by Crippen LogP contribution is 2.32. The highest BCUT2D eigenvalue weighted by Gasteiger charge is 2.30. The van der Waals surface area contributed by atoms with Crippen molar-refractivity contribution < 1.29 is 19.8 Å². The number of hydrogen-bond donors (Lipinski definition) is 3. The van der Waals surface area contributed by atoms with E-state index in [2.05, 4.69) is 5.32 Å². The standard InChI is InChI=1S/C16H13NO4/c18-11-3-1-2-9(5-11)4-10-6-13-12(14(19)7-10)8-15(20)17-16(13)21/h1-5,7,18-19H,6,8H2,(H,17,20,21). The number of phenolic OH excluding ortho intramolecular Hbond substituents is 1. The number of hydrogen-bond acceptors (Lipinski definition) is 4. The smallest absolute Gasteiger partial charge is 0.254 e. The molecule has 1 aliphatic carbocycles. The van der Waals surface area contributed by atoms with E-state index in [1.165, 1.54) is 0 Å². The summed E-state index contributed by atoms with van der Waals surface area (Å²) in [6.07, 6.45) is 3.69. The van der Waals surface area contributed by atoms with E-state index in [1.54, 1.807) is 30.4 Å². The molecule has 3 N–H and O–H groups in total. The first-order chi connectivity index (χ1) is 10.0. The molecule has 1 aromatic rings. The predicted molar refractivity (Wildman–Crippen MR) is 76.2 cm³/mol. The van der Waals surface area contributed by atoms with Crippen molar-refractivity contribution in [3.8, 4) is 5.75 Å². The first kappa shape index (κ1) is 13.2. The first-order valence-corrected chi connectivity index (χ1v) is 6.50. The van der Waals surface area contributed by atoms with E-state index < -0.39 is 11.8 Å². The molecule has 5 nitrogen and oxygen atoms in total. The molecule has 0 bridgehead atoms. The lowest BCUT2D eigenvalue weighted by atomic mass is 9.87. The molecule has 1 aromatic carbocycles. The van der Waals surface area contributed by atoms with Crippen molar-refractivity contribution in [3.63, 3.8) is 0 Å². The van der Waals surface area contributed by atoms with Crippen molar-refractivity contribution in [1.82, 2.24) is 5.32 Å². The van der Waals surface area contributed by atoms with Crippen LogP contribution in [0.25, 0.3) is 6.08 Å². The maximum absolute atomic E-state index is 11.8. The highest BCUT2D eigenvalue weighted by atomic mass is 16.3. The van der Waals surface area contributed by atoms with E-state index in [-0.39, 0.29) is 17.9 Å². The molecule has 0 atom stereocenters. The van der Waals surface area contributed by atoms with Crippen molar-refractivity contribution in [2.24, 2.45) is 0 Å². The molecule has 2 aliphatic rings. The fourth-order valence-electron chi connectivity index (χ4n) is 2.52. The fourth-order valence-corrected chi connectivity index (χ4v) is 2.52. The third-order valence-corrected chi connectivity index (χ3v) is 3.46. The van der Waals surface area contributed by atoms with E-state index in [9.17, 15) is 19.8 Å². The summed E-state index contributed by atoms with van der Waals surface area (Å²) in [6, 6.07) is 6.68. The van der Waals surface area contributed by atoms with Crippen molar-refractivity contribution in [1.29, 1.82) is 0 Å². The largest absolute Gasteiger partial charge is 0.508 e. The number of aromatic hydroxyl groups is 1. The minimum absolute atomic E-state index is 0.0167. The number of rotatable bonds is 1. The molecule has 21 heavy (non-hydrogen) atoms. The lowest BCUT2D eigenvalue weighted by Crippen LogP contribution is -2.37. The van der Waals surface area contributed by atoms with Gasteiger partial charge in [-0.1, -0.05) is 18.2 Å². The summed E-state index contributed by atoms with van der Waals surface area (Å²) in [5, 5.41) is 21.7. The van der Waals surface area contributed by atoms with Crippen molar-refractivity contribution in [3.05, 3.63) is 58.4 Å². The number of carbonyl (C=O) groups excluding carboxylic acids is 2. The van der Waals surface area contributed by atoms with Crippen LogP contribution in [0.5, 0.6) is 5.75 Å².